The molecule has 0 fully saturated rings. The smallest absolute Gasteiger partial charge is 0.343 e. The summed E-state index contributed by atoms with van der Waals surface area (Å²) in [7, 11) is 2.40. The van der Waals surface area contributed by atoms with E-state index in [0.717, 1.165) is 13.3 Å². The first-order chi connectivity index (χ1) is 13.5. The van der Waals surface area contributed by atoms with Crippen LogP contribution in [0.25, 0.3) is 10.9 Å². The number of pyridine rings is 2. The zero-order chi connectivity index (χ0) is 20.3. The van der Waals surface area contributed by atoms with E-state index in [9.17, 15) is 19.5 Å². The molecule has 8 nitrogen and oxygen atoms in total. The average molecular weight is 382 g/mol. The Balaban J connectivity index is 2.29. The summed E-state index contributed by atoms with van der Waals surface area (Å²) >= 11 is 0. The van der Waals surface area contributed by atoms with E-state index in [2.05, 4.69) is 14.7 Å². The molecule has 0 aliphatic carbocycles. The maximum Gasteiger partial charge on any atom is 0.343 e. The molecule has 2 N–H and O–H groups in total. The number of esters is 2. The van der Waals surface area contributed by atoms with E-state index >= 15 is 0 Å². The number of methoxy groups -OCH3 is 2. The molecule has 1 aromatic carbocycles. The molecule has 0 aliphatic rings. The highest BCUT2D eigenvalue weighted by Gasteiger charge is 2.29. The number of hydrogen-bond donors (Lipinski definition) is 2. The van der Waals surface area contributed by atoms with Crippen molar-refractivity contribution in [1.82, 2.24) is 9.97 Å². The van der Waals surface area contributed by atoms with Crippen molar-refractivity contribution in [3.05, 3.63) is 69.8 Å². The van der Waals surface area contributed by atoms with Crippen LogP contribution >= 0.6 is 0 Å². The number of H-pyrrole nitrogens is 1. The Kier molecular flexibility index (Phi) is 5.39. The lowest BCUT2D eigenvalue weighted by molar-refractivity contribution is -0.140. The van der Waals surface area contributed by atoms with Crippen LogP contribution in [-0.4, -0.2) is 41.2 Å². The van der Waals surface area contributed by atoms with Crippen LogP contribution < -0.4 is 5.56 Å². The molecule has 0 saturated carbocycles. The molecule has 0 spiro atoms. The SMILES string of the molecule is COC(=O)CC(c1c(O)c(C(=O)OC)c[nH]c1=O)c1ccnc2ccccc12. The molecule has 3 rings (SSSR count). The molecule has 2 heterocycles. The lowest BCUT2D eigenvalue weighted by Gasteiger charge is -2.19. The van der Waals surface area contributed by atoms with Gasteiger partial charge in [-0.2, -0.15) is 0 Å². The highest BCUT2D eigenvalue weighted by atomic mass is 16.5. The van der Waals surface area contributed by atoms with E-state index in [1.54, 1.807) is 30.5 Å². The summed E-state index contributed by atoms with van der Waals surface area (Å²) in [4.78, 5) is 43.3. The fraction of sp³-hybridized carbons (Fsp3) is 0.200. The van der Waals surface area contributed by atoms with Crippen LogP contribution in [0.4, 0.5) is 0 Å². The Labute approximate surface area is 159 Å². The van der Waals surface area contributed by atoms with Crippen molar-refractivity contribution in [2.24, 2.45) is 0 Å². The summed E-state index contributed by atoms with van der Waals surface area (Å²) in [5.74, 6) is -2.79. The lowest BCUT2D eigenvalue weighted by atomic mass is 9.86. The summed E-state index contributed by atoms with van der Waals surface area (Å²) in [5, 5.41) is 11.4. The fourth-order valence-corrected chi connectivity index (χ4v) is 3.16. The molecule has 28 heavy (non-hydrogen) atoms. The van der Waals surface area contributed by atoms with E-state index in [-0.39, 0.29) is 17.5 Å². The van der Waals surface area contributed by atoms with Gasteiger partial charge >= 0.3 is 11.9 Å². The Morgan fingerprint density at radius 1 is 1.18 bits per heavy atom. The zero-order valence-electron chi connectivity index (χ0n) is 15.3. The van der Waals surface area contributed by atoms with Crippen LogP contribution in [0.15, 0.2) is 47.5 Å². The van der Waals surface area contributed by atoms with Gasteiger partial charge in [-0.25, -0.2) is 4.79 Å². The topological polar surface area (TPSA) is 119 Å². The van der Waals surface area contributed by atoms with E-state index in [4.69, 9.17) is 4.74 Å². The van der Waals surface area contributed by atoms with Gasteiger partial charge in [0.05, 0.1) is 31.7 Å². The quantitative estimate of drug-likeness (QED) is 0.649. The summed E-state index contributed by atoms with van der Waals surface area (Å²) in [6.45, 7) is 0. The molecule has 2 aromatic heterocycles. The van der Waals surface area contributed by atoms with Crippen molar-refractivity contribution in [3.8, 4) is 5.75 Å². The van der Waals surface area contributed by atoms with Gasteiger partial charge in [-0.15, -0.1) is 0 Å². The average Bonchev–Trinajstić information content (AvgIpc) is 2.72. The van der Waals surface area contributed by atoms with Gasteiger partial charge in [0.15, 0.2) is 0 Å². The van der Waals surface area contributed by atoms with Gasteiger partial charge in [0.25, 0.3) is 5.56 Å². The molecular formula is C20H18N2O6. The maximum absolute atomic E-state index is 12.6. The number of fused-ring (bicyclic) bond motifs is 1. The number of para-hydroxylation sites is 1. The summed E-state index contributed by atoms with van der Waals surface area (Å²) in [6, 6.07) is 8.88. The highest BCUT2D eigenvalue weighted by Crippen LogP contribution is 2.36. The number of nitrogens with zero attached hydrogens (tertiary/aromatic N) is 1. The fourth-order valence-electron chi connectivity index (χ4n) is 3.16. The Morgan fingerprint density at radius 3 is 2.64 bits per heavy atom. The standard InChI is InChI=1S/C20H18N2O6/c1-27-16(23)9-13(11-7-8-21-15-6-4-3-5-12(11)15)17-18(24)14(20(26)28-2)10-22-19(17)25/h3-8,10,13H,9H2,1-2H3,(H2,22,24,25). The first kappa shape index (κ1) is 19.1. The maximum atomic E-state index is 12.6. The first-order valence-electron chi connectivity index (χ1n) is 8.41. The normalized spacial score (nSPS) is 11.8. The van der Waals surface area contributed by atoms with Crippen molar-refractivity contribution >= 4 is 22.8 Å². The molecule has 0 radical (unpaired) electrons. The second kappa shape index (κ2) is 7.91. The molecule has 0 saturated heterocycles. The number of aromatic hydroxyl groups is 1. The van der Waals surface area contributed by atoms with Gasteiger partial charge in [-0.05, 0) is 17.7 Å². The number of aromatic nitrogens is 2. The van der Waals surface area contributed by atoms with Gasteiger partial charge in [0.1, 0.15) is 11.3 Å². The van der Waals surface area contributed by atoms with E-state index < -0.39 is 29.2 Å². The van der Waals surface area contributed by atoms with Crippen LogP contribution in [0.5, 0.6) is 5.75 Å². The van der Waals surface area contributed by atoms with Gasteiger partial charge in [-0.1, -0.05) is 18.2 Å². The monoisotopic (exact) mass is 382 g/mol. The zero-order valence-corrected chi connectivity index (χ0v) is 15.3. The molecular weight excluding hydrogens is 364 g/mol. The van der Waals surface area contributed by atoms with E-state index in [0.29, 0.717) is 16.5 Å². The number of hydrogen-bond acceptors (Lipinski definition) is 7. The minimum Gasteiger partial charge on any atom is -0.506 e. The number of benzene rings is 1. The third kappa shape index (κ3) is 3.44. The number of aromatic amines is 1. The van der Waals surface area contributed by atoms with Crippen LogP contribution in [-0.2, 0) is 14.3 Å². The lowest BCUT2D eigenvalue weighted by Crippen LogP contribution is -2.22. The second-order valence-electron chi connectivity index (χ2n) is 6.04. The largest absolute Gasteiger partial charge is 0.506 e. The molecule has 0 amide bonds. The van der Waals surface area contributed by atoms with Crippen molar-refractivity contribution in [1.29, 1.82) is 0 Å². The Hall–Kier alpha value is -3.68. The second-order valence-corrected chi connectivity index (χ2v) is 6.04. The third-order valence-corrected chi connectivity index (χ3v) is 4.51. The molecule has 1 atom stereocenters. The van der Waals surface area contributed by atoms with Gasteiger partial charge in [-0.3, -0.25) is 14.6 Å². The van der Waals surface area contributed by atoms with Crippen molar-refractivity contribution < 1.29 is 24.2 Å². The Bertz CT molecular complexity index is 1100. The van der Waals surface area contributed by atoms with Crippen molar-refractivity contribution in [2.45, 2.75) is 12.3 Å². The number of ether oxygens (including phenoxy) is 2. The minimum atomic E-state index is -0.867. The van der Waals surface area contributed by atoms with Gasteiger partial charge in [0.2, 0.25) is 0 Å². The first-order valence-corrected chi connectivity index (χ1v) is 8.41. The summed E-state index contributed by atoms with van der Waals surface area (Å²) in [5.41, 5.74) is 0.309. The molecule has 8 heteroatoms. The molecule has 0 aliphatic heterocycles. The van der Waals surface area contributed by atoms with Crippen molar-refractivity contribution in [2.75, 3.05) is 14.2 Å². The van der Waals surface area contributed by atoms with Gasteiger partial charge < -0.3 is 19.6 Å². The number of rotatable bonds is 5. The summed E-state index contributed by atoms with van der Waals surface area (Å²) in [6.07, 6.45) is 2.41. The molecule has 144 valence electrons. The molecule has 1 unspecified atom stereocenters. The minimum absolute atomic E-state index is 0.121. The third-order valence-electron chi connectivity index (χ3n) is 4.51. The van der Waals surface area contributed by atoms with E-state index in [1.807, 2.05) is 6.07 Å². The van der Waals surface area contributed by atoms with Gasteiger partial charge in [0, 0.05) is 23.7 Å². The van der Waals surface area contributed by atoms with Crippen LogP contribution in [0.2, 0.25) is 0 Å². The van der Waals surface area contributed by atoms with Crippen LogP contribution in [0.3, 0.4) is 0 Å². The summed E-state index contributed by atoms with van der Waals surface area (Å²) < 4.78 is 9.42. The predicted octanol–water partition coefficient (Wildman–Crippen LogP) is 2.11. The molecule has 0 bridgehead atoms. The van der Waals surface area contributed by atoms with Crippen molar-refractivity contribution in [3.63, 3.8) is 0 Å². The predicted molar refractivity (Wildman–Crippen MR) is 100 cm³/mol. The molecule has 3 aromatic rings. The van der Waals surface area contributed by atoms with Crippen LogP contribution in [0, 0.1) is 0 Å². The number of carbonyl (C=O) groups excluding carboxylic acids is 2. The number of carbonyl (C=O) groups is 2. The van der Waals surface area contributed by atoms with E-state index in [1.165, 1.54) is 7.11 Å². The highest BCUT2D eigenvalue weighted by molar-refractivity contribution is 5.93. The Morgan fingerprint density at radius 2 is 1.93 bits per heavy atom. The number of nitrogens with one attached hydrogen (secondary N) is 1. The van der Waals surface area contributed by atoms with Crippen LogP contribution in [0.1, 0.15) is 33.8 Å².